The molecule has 0 radical (unpaired) electrons. The Bertz CT molecular complexity index is 1050. The van der Waals surface area contributed by atoms with E-state index in [0.29, 0.717) is 11.7 Å². The lowest BCUT2D eigenvalue weighted by Gasteiger charge is -2.31. The molecule has 1 fully saturated rings. The molecule has 0 atom stereocenters. The predicted molar refractivity (Wildman–Crippen MR) is 118 cm³/mol. The molecular formula is C23H24N4OS. The van der Waals surface area contributed by atoms with E-state index in [4.69, 9.17) is 0 Å². The Labute approximate surface area is 175 Å². The second-order valence-corrected chi connectivity index (χ2v) is 8.89. The van der Waals surface area contributed by atoms with E-state index in [2.05, 4.69) is 69.6 Å². The molecule has 0 unspecified atom stereocenters. The molecule has 1 aromatic heterocycles. The number of anilines is 1. The quantitative estimate of drug-likeness (QED) is 0.565. The van der Waals surface area contributed by atoms with Gasteiger partial charge in [-0.05, 0) is 47.4 Å². The first-order chi connectivity index (χ1) is 14.2. The van der Waals surface area contributed by atoms with E-state index < -0.39 is 0 Å². The molecule has 0 bridgehead atoms. The van der Waals surface area contributed by atoms with Gasteiger partial charge >= 0.3 is 0 Å². The van der Waals surface area contributed by atoms with Gasteiger partial charge in [0.25, 0.3) is 0 Å². The highest BCUT2D eigenvalue weighted by Crippen LogP contribution is 2.39. The lowest BCUT2D eigenvalue weighted by atomic mass is 10.0. The Balaban J connectivity index is 1.26. The van der Waals surface area contributed by atoms with Crippen molar-refractivity contribution in [2.75, 3.05) is 45.1 Å². The fourth-order valence-electron chi connectivity index (χ4n) is 4.13. The molecule has 1 N–H and O–H groups in total. The predicted octanol–water partition coefficient (Wildman–Crippen LogP) is 3.57. The number of nitrogens with zero attached hydrogens (tertiary/aromatic N) is 3. The zero-order valence-corrected chi connectivity index (χ0v) is 17.3. The molecule has 5 rings (SSSR count). The third-order valence-electron chi connectivity index (χ3n) is 5.79. The van der Waals surface area contributed by atoms with Gasteiger partial charge in [-0.15, -0.1) is 0 Å². The molecule has 1 aliphatic carbocycles. The third kappa shape index (κ3) is 3.83. The van der Waals surface area contributed by atoms with Crippen molar-refractivity contribution in [3.05, 3.63) is 59.8 Å². The van der Waals surface area contributed by atoms with Crippen molar-refractivity contribution in [2.24, 2.45) is 0 Å². The zero-order valence-electron chi connectivity index (χ0n) is 16.5. The summed E-state index contributed by atoms with van der Waals surface area (Å²) in [6.07, 6.45) is 2.84. The number of rotatable bonds is 4. The van der Waals surface area contributed by atoms with Gasteiger partial charge in [0.05, 0.1) is 11.4 Å². The molecular weight excluding hydrogens is 380 g/mol. The average molecular weight is 405 g/mol. The van der Waals surface area contributed by atoms with Crippen LogP contribution in [-0.2, 0) is 11.2 Å². The van der Waals surface area contributed by atoms with Crippen molar-refractivity contribution in [2.45, 2.75) is 6.42 Å². The monoisotopic (exact) mass is 404 g/mol. The van der Waals surface area contributed by atoms with Crippen LogP contribution in [0.5, 0.6) is 0 Å². The van der Waals surface area contributed by atoms with Crippen molar-refractivity contribution in [1.29, 1.82) is 0 Å². The summed E-state index contributed by atoms with van der Waals surface area (Å²) in [5, 5.41) is 3.64. The Kier molecular flexibility index (Phi) is 4.91. The molecule has 0 saturated carbocycles. The maximum atomic E-state index is 12.4. The van der Waals surface area contributed by atoms with Gasteiger partial charge in [-0.25, -0.2) is 4.98 Å². The van der Waals surface area contributed by atoms with E-state index in [9.17, 15) is 4.79 Å². The molecule has 1 amide bonds. The first kappa shape index (κ1) is 18.5. The molecule has 2 aromatic carbocycles. The number of amides is 1. The van der Waals surface area contributed by atoms with Crippen LogP contribution in [0.15, 0.2) is 48.7 Å². The number of likely N-dealkylation sites (N-methyl/N-ethyl adjacent to an activating group) is 1. The van der Waals surface area contributed by atoms with Gasteiger partial charge in [0.2, 0.25) is 5.91 Å². The number of hydrogen-bond donors (Lipinski definition) is 1. The number of fused-ring (bicyclic) bond motifs is 3. The van der Waals surface area contributed by atoms with E-state index in [0.717, 1.165) is 43.0 Å². The summed E-state index contributed by atoms with van der Waals surface area (Å²) in [7, 11) is 2.12. The Morgan fingerprint density at radius 3 is 2.72 bits per heavy atom. The van der Waals surface area contributed by atoms with Crippen LogP contribution >= 0.6 is 11.3 Å². The number of thiazole rings is 1. The fourth-order valence-corrected chi connectivity index (χ4v) is 4.96. The van der Waals surface area contributed by atoms with E-state index in [1.165, 1.54) is 33.6 Å². The second-order valence-electron chi connectivity index (χ2n) is 7.86. The number of carbonyl (C=O) groups is 1. The minimum absolute atomic E-state index is 0.0138. The SMILES string of the molecule is CN1CCN(CC(=O)Nc2ncc(-c3ccc4c(c3)Cc3ccccc3-4)s2)CC1. The van der Waals surface area contributed by atoms with E-state index in [1.807, 2.05) is 6.20 Å². The molecule has 2 heterocycles. The molecule has 1 saturated heterocycles. The molecule has 29 heavy (non-hydrogen) atoms. The lowest BCUT2D eigenvalue weighted by Crippen LogP contribution is -2.47. The normalized spacial score (nSPS) is 16.4. The van der Waals surface area contributed by atoms with Gasteiger partial charge < -0.3 is 10.2 Å². The number of carbonyl (C=O) groups excluding carboxylic acids is 1. The largest absolute Gasteiger partial charge is 0.304 e. The topological polar surface area (TPSA) is 48.5 Å². The standard InChI is InChI=1S/C23H24N4OS/c1-26-8-10-27(11-9-26)15-22(28)25-23-24-14-21(29-23)17-6-7-20-18(13-17)12-16-4-2-3-5-19(16)20/h2-7,13-14H,8-12,15H2,1H3,(H,24,25,28). The smallest absolute Gasteiger partial charge is 0.240 e. The van der Waals surface area contributed by atoms with Crippen LogP contribution in [0.1, 0.15) is 11.1 Å². The molecule has 2 aliphatic rings. The summed E-state index contributed by atoms with van der Waals surface area (Å²) < 4.78 is 0. The van der Waals surface area contributed by atoms with Gasteiger partial charge in [0.15, 0.2) is 5.13 Å². The van der Waals surface area contributed by atoms with Crippen molar-refractivity contribution < 1.29 is 4.79 Å². The minimum Gasteiger partial charge on any atom is -0.304 e. The summed E-state index contributed by atoms with van der Waals surface area (Å²) in [5.41, 5.74) is 6.58. The molecule has 0 spiro atoms. The first-order valence-electron chi connectivity index (χ1n) is 10.0. The molecule has 1 aliphatic heterocycles. The Hall–Kier alpha value is -2.54. The van der Waals surface area contributed by atoms with Crippen LogP contribution in [0.2, 0.25) is 0 Å². The molecule has 3 aromatic rings. The van der Waals surface area contributed by atoms with E-state index in [1.54, 1.807) is 0 Å². The first-order valence-corrected chi connectivity index (χ1v) is 10.9. The summed E-state index contributed by atoms with van der Waals surface area (Å²) in [6.45, 7) is 4.32. The van der Waals surface area contributed by atoms with E-state index in [-0.39, 0.29) is 5.91 Å². The second kappa shape index (κ2) is 7.71. The van der Waals surface area contributed by atoms with Gasteiger partial charge in [-0.1, -0.05) is 47.7 Å². The van der Waals surface area contributed by atoms with E-state index >= 15 is 0 Å². The average Bonchev–Trinajstić information content (AvgIpc) is 3.33. The highest BCUT2D eigenvalue weighted by atomic mass is 32.1. The van der Waals surface area contributed by atoms with Crippen molar-refractivity contribution in [1.82, 2.24) is 14.8 Å². The van der Waals surface area contributed by atoms with Crippen molar-refractivity contribution in [3.8, 4) is 21.6 Å². The summed E-state index contributed by atoms with van der Waals surface area (Å²) in [5.74, 6) is 0.0138. The van der Waals surface area contributed by atoms with Crippen LogP contribution in [0, 0.1) is 0 Å². The molecule has 5 nitrogen and oxygen atoms in total. The molecule has 148 valence electrons. The minimum atomic E-state index is 0.0138. The van der Waals surface area contributed by atoms with Gasteiger partial charge in [0.1, 0.15) is 0 Å². The third-order valence-corrected chi connectivity index (χ3v) is 6.76. The van der Waals surface area contributed by atoms with Crippen LogP contribution in [0.4, 0.5) is 5.13 Å². The van der Waals surface area contributed by atoms with Crippen LogP contribution in [0.25, 0.3) is 21.6 Å². The van der Waals surface area contributed by atoms with Gasteiger partial charge in [0, 0.05) is 32.4 Å². The number of piperazine rings is 1. The Morgan fingerprint density at radius 2 is 1.86 bits per heavy atom. The van der Waals surface area contributed by atoms with Gasteiger partial charge in [-0.3, -0.25) is 9.69 Å². The van der Waals surface area contributed by atoms with Gasteiger partial charge in [-0.2, -0.15) is 0 Å². The Morgan fingerprint density at radius 1 is 1.07 bits per heavy atom. The number of benzene rings is 2. The van der Waals surface area contributed by atoms with Crippen LogP contribution in [0.3, 0.4) is 0 Å². The maximum absolute atomic E-state index is 12.4. The zero-order chi connectivity index (χ0) is 19.8. The highest BCUT2D eigenvalue weighted by molar-refractivity contribution is 7.19. The number of nitrogens with one attached hydrogen (secondary N) is 1. The number of hydrogen-bond acceptors (Lipinski definition) is 5. The van der Waals surface area contributed by atoms with Crippen LogP contribution in [-0.4, -0.2) is 60.5 Å². The molecule has 6 heteroatoms. The summed E-state index contributed by atoms with van der Waals surface area (Å²) in [6, 6.07) is 15.2. The summed E-state index contributed by atoms with van der Waals surface area (Å²) >= 11 is 1.54. The fraction of sp³-hybridized carbons (Fsp3) is 0.304. The highest BCUT2D eigenvalue weighted by Gasteiger charge is 2.20. The van der Waals surface area contributed by atoms with Crippen LogP contribution < -0.4 is 5.32 Å². The maximum Gasteiger partial charge on any atom is 0.240 e. The summed E-state index contributed by atoms with van der Waals surface area (Å²) in [4.78, 5) is 22.4. The van der Waals surface area contributed by atoms with Crippen molar-refractivity contribution >= 4 is 22.4 Å². The number of aromatic nitrogens is 1. The van der Waals surface area contributed by atoms with Crippen molar-refractivity contribution in [3.63, 3.8) is 0 Å². The lowest BCUT2D eigenvalue weighted by molar-refractivity contribution is -0.117.